The van der Waals surface area contributed by atoms with E-state index in [-0.39, 0.29) is 18.2 Å². The van der Waals surface area contributed by atoms with Gasteiger partial charge in [-0.1, -0.05) is 66.6 Å². The highest BCUT2D eigenvalue weighted by Gasteiger charge is 2.26. The average Bonchev–Trinajstić information content (AvgIpc) is 2.64. The number of aryl methyl sites for hydroxylation is 1. The molecule has 0 saturated heterocycles. The fourth-order valence-corrected chi connectivity index (χ4v) is 3.08. The van der Waals surface area contributed by atoms with Gasteiger partial charge in [0.25, 0.3) is 0 Å². The van der Waals surface area contributed by atoms with Crippen molar-refractivity contribution in [1.82, 2.24) is 10.2 Å². The third kappa shape index (κ3) is 6.10. The summed E-state index contributed by atoms with van der Waals surface area (Å²) in [6, 6.07) is 14.7. The summed E-state index contributed by atoms with van der Waals surface area (Å²) in [6.45, 7) is 6.64. The molecule has 0 aliphatic carbocycles. The van der Waals surface area contributed by atoms with Gasteiger partial charge in [0, 0.05) is 18.1 Å². The highest BCUT2D eigenvalue weighted by Crippen LogP contribution is 2.19. The Balaban J connectivity index is 2.23. The van der Waals surface area contributed by atoms with Crippen molar-refractivity contribution < 1.29 is 9.59 Å². The van der Waals surface area contributed by atoms with E-state index in [9.17, 15) is 9.59 Å². The second-order valence-electron chi connectivity index (χ2n) is 6.75. The predicted molar refractivity (Wildman–Crippen MR) is 110 cm³/mol. The number of hydrogen-bond donors (Lipinski definition) is 1. The van der Waals surface area contributed by atoms with Crippen LogP contribution in [0.4, 0.5) is 0 Å². The average molecular weight is 387 g/mol. The molecule has 144 valence electrons. The lowest BCUT2D eigenvalue weighted by Gasteiger charge is -2.29. The fraction of sp³-hybridized carbons (Fsp3) is 0.364. The van der Waals surface area contributed by atoms with Crippen LogP contribution in [0.2, 0.25) is 5.02 Å². The monoisotopic (exact) mass is 386 g/mol. The molecule has 0 aliphatic heterocycles. The number of halogens is 1. The molecule has 5 heteroatoms. The molecule has 0 radical (unpaired) electrons. The minimum Gasteiger partial charge on any atom is -0.354 e. The van der Waals surface area contributed by atoms with Crippen LogP contribution < -0.4 is 5.32 Å². The van der Waals surface area contributed by atoms with Crippen molar-refractivity contribution in [1.29, 1.82) is 0 Å². The van der Waals surface area contributed by atoms with Crippen LogP contribution in [0.25, 0.3) is 0 Å². The van der Waals surface area contributed by atoms with Crippen LogP contribution in [0.5, 0.6) is 0 Å². The molecule has 4 nitrogen and oxygen atoms in total. The van der Waals surface area contributed by atoms with Gasteiger partial charge in [-0.3, -0.25) is 9.59 Å². The Labute approximate surface area is 166 Å². The van der Waals surface area contributed by atoms with Crippen molar-refractivity contribution in [2.45, 2.75) is 46.2 Å². The Morgan fingerprint density at radius 2 is 1.89 bits per heavy atom. The molecule has 1 atom stereocenters. The van der Waals surface area contributed by atoms with E-state index in [0.717, 1.165) is 23.1 Å². The first-order valence-electron chi connectivity index (χ1n) is 9.28. The topological polar surface area (TPSA) is 49.4 Å². The zero-order valence-corrected chi connectivity index (χ0v) is 16.9. The van der Waals surface area contributed by atoms with Gasteiger partial charge in [0.2, 0.25) is 11.8 Å². The number of carbonyl (C=O) groups excluding carboxylic acids is 2. The van der Waals surface area contributed by atoms with Crippen molar-refractivity contribution >= 4 is 23.4 Å². The lowest BCUT2D eigenvalue weighted by atomic mass is 10.1. The Morgan fingerprint density at radius 3 is 2.56 bits per heavy atom. The molecule has 0 fully saturated rings. The number of hydrogen-bond acceptors (Lipinski definition) is 2. The Bertz CT molecular complexity index is 791. The molecular formula is C22H27ClN2O2. The summed E-state index contributed by atoms with van der Waals surface area (Å²) in [7, 11) is 0. The highest BCUT2D eigenvalue weighted by molar-refractivity contribution is 6.31. The molecular weight excluding hydrogens is 360 g/mol. The van der Waals surface area contributed by atoms with Gasteiger partial charge in [-0.15, -0.1) is 0 Å². The van der Waals surface area contributed by atoms with E-state index in [0.29, 0.717) is 18.1 Å². The number of carbonyl (C=O) groups is 2. The van der Waals surface area contributed by atoms with Crippen LogP contribution in [0.15, 0.2) is 48.5 Å². The standard InChI is InChI=1S/C22H27ClN2O2/c1-4-12-24-22(27)17(3)25(15-19-10-5-6-11-20(19)23)21(26)14-18-9-7-8-16(2)13-18/h5-11,13,17H,4,12,14-15H2,1-3H3,(H,24,27). The Hall–Kier alpha value is -2.33. The second-order valence-corrected chi connectivity index (χ2v) is 7.15. The van der Waals surface area contributed by atoms with Gasteiger partial charge in [0.05, 0.1) is 6.42 Å². The third-order valence-electron chi connectivity index (χ3n) is 4.45. The Kier molecular flexibility index (Phi) is 7.86. The molecule has 0 heterocycles. The quantitative estimate of drug-likeness (QED) is 0.741. The maximum Gasteiger partial charge on any atom is 0.242 e. The van der Waals surface area contributed by atoms with Crippen LogP contribution in [0.1, 0.15) is 37.0 Å². The molecule has 0 bridgehead atoms. The van der Waals surface area contributed by atoms with E-state index < -0.39 is 6.04 Å². The maximum atomic E-state index is 13.1. The van der Waals surface area contributed by atoms with Crippen molar-refractivity contribution in [3.05, 3.63) is 70.2 Å². The number of benzene rings is 2. The fourth-order valence-electron chi connectivity index (χ4n) is 2.89. The molecule has 2 amide bonds. The maximum absolute atomic E-state index is 13.1. The van der Waals surface area contributed by atoms with Crippen molar-refractivity contribution in [2.24, 2.45) is 0 Å². The summed E-state index contributed by atoms with van der Waals surface area (Å²) in [5.41, 5.74) is 2.86. The van der Waals surface area contributed by atoms with E-state index in [1.54, 1.807) is 17.9 Å². The molecule has 0 aliphatic rings. The van der Waals surface area contributed by atoms with E-state index in [2.05, 4.69) is 5.32 Å². The van der Waals surface area contributed by atoms with Crippen molar-refractivity contribution in [3.8, 4) is 0 Å². The summed E-state index contributed by atoms with van der Waals surface area (Å²) >= 11 is 6.28. The molecule has 2 rings (SSSR count). The first-order valence-corrected chi connectivity index (χ1v) is 9.66. The first kappa shape index (κ1) is 21.0. The summed E-state index contributed by atoms with van der Waals surface area (Å²) in [5, 5.41) is 3.46. The number of amides is 2. The lowest BCUT2D eigenvalue weighted by Crippen LogP contribution is -2.48. The third-order valence-corrected chi connectivity index (χ3v) is 4.82. The molecule has 0 aromatic heterocycles. The number of nitrogens with one attached hydrogen (secondary N) is 1. The summed E-state index contributed by atoms with van der Waals surface area (Å²) in [6.07, 6.45) is 1.09. The van der Waals surface area contributed by atoms with Crippen molar-refractivity contribution in [3.63, 3.8) is 0 Å². The molecule has 1 N–H and O–H groups in total. The van der Waals surface area contributed by atoms with E-state index in [1.165, 1.54) is 0 Å². The highest BCUT2D eigenvalue weighted by atomic mass is 35.5. The minimum atomic E-state index is -0.579. The van der Waals surface area contributed by atoms with E-state index in [4.69, 9.17) is 11.6 Å². The molecule has 2 aromatic carbocycles. The SMILES string of the molecule is CCCNC(=O)C(C)N(Cc1ccccc1Cl)C(=O)Cc1cccc(C)c1. The van der Waals surface area contributed by atoms with Gasteiger partial charge in [-0.05, 0) is 37.5 Å². The molecule has 27 heavy (non-hydrogen) atoms. The molecule has 0 saturated carbocycles. The normalized spacial score (nSPS) is 11.7. The van der Waals surface area contributed by atoms with Crippen LogP contribution in [0, 0.1) is 6.92 Å². The smallest absolute Gasteiger partial charge is 0.242 e. The number of rotatable bonds is 8. The lowest BCUT2D eigenvalue weighted by molar-refractivity contribution is -0.140. The van der Waals surface area contributed by atoms with Gasteiger partial charge in [0.1, 0.15) is 6.04 Å². The predicted octanol–water partition coefficient (Wildman–Crippen LogP) is 4.13. The minimum absolute atomic E-state index is 0.0975. The van der Waals surface area contributed by atoms with Crippen LogP contribution in [0.3, 0.4) is 0 Å². The largest absolute Gasteiger partial charge is 0.354 e. The van der Waals surface area contributed by atoms with Gasteiger partial charge in [0.15, 0.2) is 0 Å². The van der Waals surface area contributed by atoms with Crippen LogP contribution >= 0.6 is 11.6 Å². The van der Waals surface area contributed by atoms with Crippen LogP contribution in [-0.4, -0.2) is 29.3 Å². The van der Waals surface area contributed by atoms with Gasteiger partial charge < -0.3 is 10.2 Å². The summed E-state index contributed by atoms with van der Waals surface area (Å²) in [5.74, 6) is -0.249. The molecule has 2 aromatic rings. The zero-order valence-electron chi connectivity index (χ0n) is 16.2. The molecule has 1 unspecified atom stereocenters. The van der Waals surface area contributed by atoms with Gasteiger partial charge in [-0.2, -0.15) is 0 Å². The second kappa shape index (κ2) is 10.1. The van der Waals surface area contributed by atoms with Gasteiger partial charge in [-0.25, -0.2) is 0 Å². The first-order chi connectivity index (χ1) is 12.9. The summed E-state index contributed by atoms with van der Waals surface area (Å²) in [4.78, 5) is 27.2. The Morgan fingerprint density at radius 1 is 1.15 bits per heavy atom. The number of nitrogens with zero attached hydrogens (tertiary/aromatic N) is 1. The van der Waals surface area contributed by atoms with Crippen molar-refractivity contribution in [2.75, 3.05) is 6.54 Å². The van der Waals surface area contributed by atoms with Crippen LogP contribution in [-0.2, 0) is 22.6 Å². The van der Waals surface area contributed by atoms with E-state index in [1.807, 2.05) is 56.3 Å². The zero-order chi connectivity index (χ0) is 19.8. The summed E-state index contributed by atoms with van der Waals surface area (Å²) < 4.78 is 0. The van der Waals surface area contributed by atoms with E-state index >= 15 is 0 Å². The molecule has 0 spiro atoms. The van der Waals surface area contributed by atoms with Gasteiger partial charge >= 0.3 is 0 Å².